The third-order valence-corrected chi connectivity index (χ3v) is 5.06. The highest BCUT2D eigenvalue weighted by Gasteiger charge is 2.39. The molecule has 1 saturated carbocycles. The van der Waals surface area contributed by atoms with Crippen LogP contribution in [0, 0.1) is 11.3 Å². The molecular weight excluding hydrogens is 230 g/mol. The third-order valence-electron chi connectivity index (χ3n) is 5.06. The Bertz CT molecular complexity index is 466. The van der Waals surface area contributed by atoms with Gasteiger partial charge in [-0.15, -0.1) is 0 Å². The van der Waals surface area contributed by atoms with Gasteiger partial charge in [-0.2, -0.15) is 0 Å². The van der Waals surface area contributed by atoms with Crippen molar-refractivity contribution in [1.29, 1.82) is 0 Å². The molecule has 1 aliphatic heterocycles. The standard InChI is InChI=1S/C18H27N/c1-13(2)16-11-19(6)12-17(15(16)4)18(5)10-8-7-9-14(18)3/h11-12,14H,1,4,7-10H2,2-3,5-6H3. The predicted octanol–water partition coefficient (Wildman–Crippen LogP) is 5.05. The highest BCUT2D eigenvalue weighted by atomic mass is 15.1. The average Bonchev–Trinajstić information content (AvgIpc) is 2.35. The summed E-state index contributed by atoms with van der Waals surface area (Å²) in [6.45, 7) is 15.3. The number of hydrogen-bond donors (Lipinski definition) is 0. The maximum absolute atomic E-state index is 4.36. The smallest absolute Gasteiger partial charge is 0.0112 e. The number of hydrogen-bond acceptors (Lipinski definition) is 1. The molecule has 0 amide bonds. The first-order valence-electron chi connectivity index (χ1n) is 7.38. The molecule has 1 nitrogen and oxygen atoms in total. The molecule has 2 atom stereocenters. The van der Waals surface area contributed by atoms with E-state index in [2.05, 4.69) is 58.3 Å². The van der Waals surface area contributed by atoms with E-state index in [4.69, 9.17) is 0 Å². The summed E-state index contributed by atoms with van der Waals surface area (Å²) in [6.07, 6.45) is 9.73. The van der Waals surface area contributed by atoms with Crippen molar-refractivity contribution in [3.05, 3.63) is 47.9 Å². The van der Waals surface area contributed by atoms with Gasteiger partial charge in [0.15, 0.2) is 0 Å². The molecule has 1 heteroatoms. The molecule has 0 spiro atoms. The molecule has 0 aromatic carbocycles. The van der Waals surface area contributed by atoms with Crippen molar-refractivity contribution in [3.63, 3.8) is 0 Å². The summed E-state index contributed by atoms with van der Waals surface area (Å²) in [7, 11) is 2.10. The van der Waals surface area contributed by atoms with Crippen LogP contribution in [0.1, 0.15) is 46.5 Å². The summed E-state index contributed by atoms with van der Waals surface area (Å²) >= 11 is 0. The lowest BCUT2D eigenvalue weighted by atomic mass is 9.62. The van der Waals surface area contributed by atoms with Gasteiger partial charge in [-0.05, 0) is 53.4 Å². The fourth-order valence-electron chi connectivity index (χ4n) is 3.51. The van der Waals surface area contributed by atoms with Crippen molar-refractivity contribution in [2.24, 2.45) is 11.3 Å². The molecule has 19 heavy (non-hydrogen) atoms. The van der Waals surface area contributed by atoms with Crippen molar-refractivity contribution < 1.29 is 0 Å². The van der Waals surface area contributed by atoms with Crippen LogP contribution in [0.25, 0.3) is 0 Å². The van der Waals surface area contributed by atoms with Crippen LogP contribution in [-0.2, 0) is 0 Å². The van der Waals surface area contributed by atoms with Gasteiger partial charge < -0.3 is 4.90 Å². The van der Waals surface area contributed by atoms with E-state index in [0.717, 1.165) is 11.5 Å². The van der Waals surface area contributed by atoms with Crippen LogP contribution in [0.2, 0.25) is 0 Å². The summed E-state index contributed by atoms with van der Waals surface area (Å²) < 4.78 is 0. The van der Waals surface area contributed by atoms with Crippen LogP contribution in [0.15, 0.2) is 47.9 Å². The van der Waals surface area contributed by atoms with Gasteiger partial charge in [0.05, 0.1) is 0 Å². The summed E-state index contributed by atoms with van der Waals surface area (Å²) in [6, 6.07) is 0. The Morgan fingerprint density at radius 3 is 2.63 bits per heavy atom. The van der Waals surface area contributed by atoms with Crippen LogP contribution in [0.4, 0.5) is 0 Å². The van der Waals surface area contributed by atoms with Crippen molar-refractivity contribution in [1.82, 2.24) is 4.90 Å². The Morgan fingerprint density at radius 1 is 1.37 bits per heavy atom. The van der Waals surface area contributed by atoms with Crippen LogP contribution >= 0.6 is 0 Å². The van der Waals surface area contributed by atoms with E-state index in [1.165, 1.54) is 42.4 Å². The molecule has 2 aliphatic rings. The highest BCUT2D eigenvalue weighted by molar-refractivity contribution is 5.57. The lowest BCUT2D eigenvalue weighted by molar-refractivity contribution is 0.174. The second-order valence-corrected chi connectivity index (χ2v) is 6.57. The minimum atomic E-state index is 0.262. The Kier molecular flexibility index (Phi) is 3.75. The topological polar surface area (TPSA) is 3.24 Å². The van der Waals surface area contributed by atoms with Crippen LogP contribution in [-0.4, -0.2) is 11.9 Å². The Morgan fingerprint density at radius 2 is 2.05 bits per heavy atom. The van der Waals surface area contributed by atoms with Gasteiger partial charge in [-0.1, -0.05) is 39.8 Å². The molecule has 0 bridgehead atoms. The molecule has 104 valence electrons. The maximum atomic E-state index is 4.36. The van der Waals surface area contributed by atoms with Gasteiger partial charge >= 0.3 is 0 Å². The Hall–Kier alpha value is -1.24. The monoisotopic (exact) mass is 257 g/mol. The molecule has 0 aromatic heterocycles. The fourth-order valence-corrected chi connectivity index (χ4v) is 3.51. The summed E-state index contributed by atoms with van der Waals surface area (Å²) in [5, 5.41) is 0. The van der Waals surface area contributed by atoms with Crippen LogP contribution in [0.5, 0.6) is 0 Å². The first kappa shape index (κ1) is 14.2. The second kappa shape index (κ2) is 5.03. The minimum absolute atomic E-state index is 0.262. The number of nitrogens with zero attached hydrogens (tertiary/aromatic N) is 1. The predicted molar refractivity (Wildman–Crippen MR) is 83.6 cm³/mol. The molecule has 1 fully saturated rings. The van der Waals surface area contributed by atoms with Crippen LogP contribution < -0.4 is 0 Å². The zero-order valence-electron chi connectivity index (χ0n) is 12.9. The number of rotatable bonds is 2. The molecule has 0 aromatic rings. The normalized spacial score (nSPS) is 31.9. The summed E-state index contributed by atoms with van der Waals surface area (Å²) in [5.74, 6) is 0.724. The lowest BCUT2D eigenvalue weighted by Crippen LogP contribution is -2.34. The highest BCUT2D eigenvalue weighted by Crippen LogP contribution is 2.50. The maximum Gasteiger partial charge on any atom is 0.0112 e. The molecule has 0 N–H and O–H groups in total. The Balaban J connectivity index is 2.39. The van der Waals surface area contributed by atoms with E-state index in [0.29, 0.717) is 0 Å². The summed E-state index contributed by atoms with van der Waals surface area (Å²) in [5.41, 5.74) is 5.18. The fraction of sp³-hybridized carbons (Fsp3) is 0.556. The van der Waals surface area contributed by atoms with E-state index in [1.54, 1.807) is 0 Å². The van der Waals surface area contributed by atoms with Crippen LogP contribution in [0.3, 0.4) is 0 Å². The van der Waals surface area contributed by atoms with E-state index in [-0.39, 0.29) is 5.41 Å². The molecule has 1 aliphatic carbocycles. The molecule has 0 saturated heterocycles. The van der Waals surface area contributed by atoms with Gasteiger partial charge in [0, 0.05) is 19.4 Å². The van der Waals surface area contributed by atoms with Crippen molar-refractivity contribution in [2.75, 3.05) is 7.05 Å². The average molecular weight is 257 g/mol. The zero-order valence-corrected chi connectivity index (χ0v) is 12.9. The zero-order chi connectivity index (χ0) is 14.2. The quantitative estimate of drug-likeness (QED) is 0.669. The van der Waals surface area contributed by atoms with E-state index in [1.807, 2.05) is 0 Å². The van der Waals surface area contributed by atoms with Gasteiger partial charge in [0.2, 0.25) is 0 Å². The SMILES string of the molecule is C=C(C)C1=CN(C)C=C(C2(C)CCCCC2C)C1=C. The first-order valence-corrected chi connectivity index (χ1v) is 7.38. The van der Waals surface area contributed by atoms with Crippen molar-refractivity contribution in [2.45, 2.75) is 46.5 Å². The molecular formula is C18H27N. The van der Waals surface area contributed by atoms with E-state index >= 15 is 0 Å². The van der Waals surface area contributed by atoms with Crippen molar-refractivity contribution in [3.8, 4) is 0 Å². The summed E-state index contributed by atoms with van der Waals surface area (Å²) in [4.78, 5) is 2.17. The molecule has 0 radical (unpaired) electrons. The molecule has 1 heterocycles. The third kappa shape index (κ3) is 2.43. The van der Waals surface area contributed by atoms with Crippen molar-refractivity contribution >= 4 is 0 Å². The van der Waals surface area contributed by atoms with E-state index < -0.39 is 0 Å². The largest absolute Gasteiger partial charge is 0.356 e. The van der Waals surface area contributed by atoms with Gasteiger partial charge in [0.1, 0.15) is 0 Å². The molecule has 2 unspecified atom stereocenters. The van der Waals surface area contributed by atoms with Gasteiger partial charge in [0.25, 0.3) is 0 Å². The number of allylic oxidation sites excluding steroid dienone is 4. The minimum Gasteiger partial charge on any atom is -0.356 e. The second-order valence-electron chi connectivity index (χ2n) is 6.57. The van der Waals surface area contributed by atoms with E-state index in [9.17, 15) is 0 Å². The van der Waals surface area contributed by atoms with Gasteiger partial charge in [-0.3, -0.25) is 0 Å². The Labute approximate surface area is 118 Å². The van der Waals surface area contributed by atoms with Gasteiger partial charge in [-0.25, -0.2) is 0 Å². The lowest BCUT2D eigenvalue weighted by Gasteiger charge is -2.44. The first-order chi connectivity index (χ1) is 8.86. The molecule has 2 rings (SSSR count).